The summed E-state index contributed by atoms with van der Waals surface area (Å²) in [6, 6.07) is 4.13. The molecule has 1 aromatic heterocycles. The number of hydrogen-bond donors (Lipinski definition) is 1. The molecule has 0 atom stereocenters. The first kappa shape index (κ1) is 13.5. The molecule has 18 heavy (non-hydrogen) atoms. The summed E-state index contributed by atoms with van der Waals surface area (Å²) in [5, 5.41) is 5.34. The number of rotatable bonds is 5. The number of nitrogens with one attached hydrogen (secondary N) is 1. The zero-order valence-corrected chi connectivity index (χ0v) is 11.4. The van der Waals surface area contributed by atoms with Gasteiger partial charge in [0.05, 0.1) is 6.61 Å². The van der Waals surface area contributed by atoms with Crippen molar-refractivity contribution in [2.45, 2.75) is 12.8 Å². The van der Waals surface area contributed by atoms with Crippen molar-refractivity contribution in [2.75, 3.05) is 39.4 Å². The van der Waals surface area contributed by atoms with Gasteiger partial charge in [-0.2, -0.15) is 0 Å². The summed E-state index contributed by atoms with van der Waals surface area (Å²) in [4.78, 5) is 15.1. The molecule has 0 aromatic carbocycles. The van der Waals surface area contributed by atoms with E-state index in [1.165, 1.54) is 4.88 Å². The van der Waals surface area contributed by atoms with E-state index >= 15 is 0 Å². The number of ether oxygens (including phenoxy) is 1. The molecule has 2 heterocycles. The molecule has 0 saturated carbocycles. The molecule has 5 heteroatoms. The third kappa shape index (κ3) is 4.40. The van der Waals surface area contributed by atoms with Crippen LogP contribution in [0.15, 0.2) is 17.5 Å². The summed E-state index contributed by atoms with van der Waals surface area (Å²) in [7, 11) is 0. The van der Waals surface area contributed by atoms with Crippen molar-refractivity contribution in [3.63, 3.8) is 0 Å². The van der Waals surface area contributed by atoms with E-state index < -0.39 is 0 Å². The van der Waals surface area contributed by atoms with E-state index in [0.717, 1.165) is 39.0 Å². The summed E-state index contributed by atoms with van der Waals surface area (Å²) < 4.78 is 5.46. The molecule has 0 unspecified atom stereocenters. The van der Waals surface area contributed by atoms with E-state index in [9.17, 15) is 4.79 Å². The summed E-state index contributed by atoms with van der Waals surface area (Å²) in [6.07, 6.45) is 1.92. The monoisotopic (exact) mass is 268 g/mol. The van der Waals surface area contributed by atoms with Gasteiger partial charge in [-0.05, 0) is 24.4 Å². The Balaban J connectivity index is 1.61. The fourth-order valence-electron chi connectivity index (χ4n) is 1.97. The van der Waals surface area contributed by atoms with Gasteiger partial charge in [-0.25, -0.2) is 0 Å². The van der Waals surface area contributed by atoms with E-state index in [-0.39, 0.29) is 12.5 Å². The third-order valence-electron chi connectivity index (χ3n) is 2.99. The fourth-order valence-corrected chi connectivity index (χ4v) is 2.66. The number of nitrogens with zero attached hydrogens (tertiary/aromatic N) is 1. The molecule has 1 N–H and O–H groups in total. The third-order valence-corrected chi connectivity index (χ3v) is 3.93. The topological polar surface area (TPSA) is 41.6 Å². The first-order valence-corrected chi connectivity index (χ1v) is 7.33. The fraction of sp³-hybridized carbons (Fsp3) is 0.615. The highest BCUT2D eigenvalue weighted by atomic mass is 32.1. The van der Waals surface area contributed by atoms with Crippen LogP contribution in [0.25, 0.3) is 0 Å². The van der Waals surface area contributed by atoms with Crippen LogP contribution >= 0.6 is 11.3 Å². The number of hydrogen-bond acceptors (Lipinski definition) is 4. The molecule has 1 aliphatic rings. The second-order valence-electron chi connectivity index (χ2n) is 4.37. The largest absolute Gasteiger partial charge is 0.371 e. The molecule has 1 aromatic rings. The lowest BCUT2D eigenvalue weighted by Gasteiger charge is -2.19. The second-order valence-corrected chi connectivity index (χ2v) is 5.40. The van der Waals surface area contributed by atoms with Gasteiger partial charge in [0.15, 0.2) is 0 Å². The van der Waals surface area contributed by atoms with Gasteiger partial charge >= 0.3 is 0 Å². The first-order chi connectivity index (χ1) is 8.86. The predicted octanol–water partition coefficient (Wildman–Crippen LogP) is 1.13. The molecule has 0 bridgehead atoms. The van der Waals surface area contributed by atoms with Gasteiger partial charge in [-0.3, -0.25) is 4.79 Å². The van der Waals surface area contributed by atoms with Crippen molar-refractivity contribution in [3.8, 4) is 0 Å². The average molecular weight is 268 g/mol. The average Bonchev–Trinajstić information content (AvgIpc) is 2.74. The molecule has 1 amide bonds. The number of amides is 1. The lowest BCUT2D eigenvalue weighted by atomic mass is 10.3. The van der Waals surface area contributed by atoms with Crippen LogP contribution in [-0.2, 0) is 16.0 Å². The Labute approximate surface area is 112 Å². The van der Waals surface area contributed by atoms with Crippen molar-refractivity contribution in [3.05, 3.63) is 22.4 Å². The highest BCUT2D eigenvalue weighted by Gasteiger charge is 2.14. The van der Waals surface area contributed by atoms with E-state index in [1.54, 1.807) is 11.3 Å². The van der Waals surface area contributed by atoms with Crippen LogP contribution in [0, 0.1) is 0 Å². The Morgan fingerprint density at radius 1 is 1.44 bits per heavy atom. The number of thiophene rings is 1. The number of carbonyl (C=O) groups excluding carboxylic acids is 1. The molecule has 4 nitrogen and oxygen atoms in total. The van der Waals surface area contributed by atoms with Crippen LogP contribution in [0.1, 0.15) is 11.3 Å². The van der Waals surface area contributed by atoms with Crippen LogP contribution in [0.4, 0.5) is 0 Å². The molecule has 100 valence electrons. The van der Waals surface area contributed by atoms with Crippen molar-refractivity contribution < 1.29 is 9.53 Å². The predicted molar refractivity (Wildman–Crippen MR) is 72.9 cm³/mol. The van der Waals surface area contributed by atoms with Crippen molar-refractivity contribution in [1.82, 2.24) is 10.2 Å². The summed E-state index contributed by atoms with van der Waals surface area (Å²) in [5.41, 5.74) is 0. The Bertz CT molecular complexity index is 346. The van der Waals surface area contributed by atoms with E-state index in [0.29, 0.717) is 6.61 Å². The minimum atomic E-state index is 0.116. The van der Waals surface area contributed by atoms with Crippen LogP contribution in [-0.4, -0.2) is 50.2 Å². The van der Waals surface area contributed by atoms with Crippen LogP contribution in [0.3, 0.4) is 0 Å². The lowest BCUT2D eigenvalue weighted by Crippen LogP contribution is -2.36. The van der Waals surface area contributed by atoms with Crippen molar-refractivity contribution >= 4 is 17.2 Å². The normalized spacial score (nSPS) is 16.6. The molecule has 0 radical (unpaired) electrons. The Hall–Kier alpha value is -0.910. The molecular formula is C13H20N2O2S. The Morgan fingerprint density at radius 2 is 2.39 bits per heavy atom. The molecule has 0 aliphatic carbocycles. The van der Waals surface area contributed by atoms with Gasteiger partial charge < -0.3 is 15.0 Å². The summed E-state index contributed by atoms with van der Waals surface area (Å²) in [5.74, 6) is 0.116. The molecule has 1 aliphatic heterocycles. The quantitative estimate of drug-likeness (QED) is 0.814. The zero-order valence-electron chi connectivity index (χ0n) is 10.6. The van der Waals surface area contributed by atoms with Gasteiger partial charge in [0, 0.05) is 30.9 Å². The maximum Gasteiger partial charge on any atom is 0.248 e. The first-order valence-electron chi connectivity index (χ1n) is 6.45. The lowest BCUT2D eigenvalue weighted by molar-refractivity contribution is -0.135. The molecular weight excluding hydrogens is 248 g/mol. The Kier molecular flexibility index (Phi) is 5.64. The van der Waals surface area contributed by atoms with Gasteiger partial charge in [0.2, 0.25) is 5.91 Å². The zero-order chi connectivity index (χ0) is 12.6. The van der Waals surface area contributed by atoms with Crippen LogP contribution in [0.5, 0.6) is 0 Å². The van der Waals surface area contributed by atoms with Gasteiger partial charge in [-0.15, -0.1) is 11.3 Å². The van der Waals surface area contributed by atoms with Gasteiger partial charge in [-0.1, -0.05) is 6.07 Å². The smallest absolute Gasteiger partial charge is 0.248 e. The standard InChI is InChI=1S/C13H20N2O2S/c16-13(15-7-2-5-14-6-8-15)11-17-9-4-12-3-1-10-18-12/h1,3,10,14H,2,4-9,11H2. The summed E-state index contributed by atoms with van der Waals surface area (Å²) >= 11 is 1.73. The minimum Gasteiger partial charge on any atom is -0.371 e. The van der Waals surface area contributed by atoms with Crippen LogP contribution in [0.2, 0.25) is 0 Å². The minimum absolute atomic E-state index is 0.116. The van der Waals surface area contributed by atoms with E-state index in [1.807, 2.05) is 11.0 Å². The van der Waals surface area contributed by atoms with Gasteiger partial charge in [0.25, 0.3) is 0 Å². The molecule has 2 rings (SSSR count). The van der Waals surface area contributed by atoms with Crippen molar-refractivity contribution in [2.24, 2.45) is 0 Å². The maximum absolute atomic E-state index is 11.9. The van der Waals surface area contributed by atoms with Crippen LogP contribution < -0.4 is 5.32 Å². The van der Waals surface area contributed by atoms with E-state index in [2.05, 4.69) is 16.8 Å². The molecule has 1 fully saturated rings. The highest BCUT2D eigenvalue weighted by molar-refractivity contribution is 7.09. The Morgan fingerprint density at radius 3 is 3.22 bits per heavy atom. The maximum atomic E-state index is 11.9. The number of carbonyl (C=O) groups is 1. The van der Waals surface area contributed by atoms with E-state index in [4.69, 9.17) is 4.74 Å². The van der Waals surface area contributed by atoms with Crippen molar-refractivity contribution in [1.29, 1.82) is 0 Å². The van der Waals surface area contributed by atoms with Gasteiger partial charge in [0.1, 0.15) is 6.61 Å². The SMILES string of the molecule is O=C(COCCc1cccs1)N1CCCNCC1. The highest BCUT2D eigenvalue weighted by Crippen LogP contribution is 2.08. The second kappa shape index (κ2) is 7.51. The molecule has 0 spiro atoms. The summed E-state index contributed by atoms with van der Waals surface area (Å²) in [6.45, 7) is 4.38. The molecule has 1 saturated heterocycles.